The quantitative estimate of drug-likeness (QED) is 0.233. The van der Waals surface area contributed by atoms with Gasteiger partial charge >= 0.3 is 0 Å². The molecule has 1 aliphatic rings. The third-order valence-corrected chi connectivity index (χ3v) is 7.78. The minimum atomic E-state index is 0.0938. The van der Waals surface area contributed by atoms with E-state index in [0.29, 0.717) is 0 Å². The number of benzene rings is 4. The van der Waals surface area contributed by atoms with Crippen LogP contribution in [0.5, 0.6) is 0 Å². The smallest absolute Gasteiger partial charge is 0.0871 e. The van der Waals surface area contributed by atoms with Crippen molar-refractivity contribution in [1.82, 2.24) is 15.3 Å². The van der Waals surface area contributed by atoms with Crippen LogP contribution in [0.25, 0.3) is 39.2 Å². The van der Waals surface area contributed by atoms with Crippen LogP contribution in [0, 0.1) is 0 Å². The molecule has 0 aliphatic carbocycles. The van der Waals surface area contributed by atoms with Crippen molar-refractivity contribution >= 4 is 5.57 Å². The second kappa shape index (κ2) is 10.5. The van der Waals surface area contributed by atoms with E-state index in [4.69, 9.17) is 4.98 Å². The molecule has 0 bridgehead atoms. The van der Waals surface area contributed by atoms with Gasteiger partial charge in [0, 0.05) is 35.6 Å². The van der Waals surface area contributed by atoms with E-state index < -0.39 is 0 Å². The standard InChI is InChI=1S/C37H29N3/c1-5-13-26(14-6-1)31-24-39-36(34(31)28-17-9-3-10-18-28)30-21-22-33(38-23-30)37-35(29-19-11-4-12-20-29)32(25-40-37)27-15-7-2-8-16-27/h1-25,34,36,39-40H. The third-order valence-electron chi connectivity index (χ3n) is 7.78. The molecule has 2 aromatic heterocycles. The van der Waals surface area contributed by atoms with Gasteiger partial charge in [-0.15, -0.1) is 0 Å². The van der Waals surface area contributed by atoms with Crippen LogP contribution in [0.4, 0.5) is 0 Å². The number of hydrogen-bond donors (Lipinski definition) is 2. The van der Waals surface area contributed by atoms with Crippen molar-refractivity contribution in [2.75, 3.05) is 0 Å². The average molecular weight is 516 g/mol. The maximum absolute atomic E-state index is 5.02. The van der Waals surface area contributed by atoms with Crippen LogP contribution in [-0.2, 0) is 0 Å². The maximum Gasteiger partial charge on any atom is 0.0871 e. The second-order valence-electron chi connectivity index (χ2n) is 10.2. The summed E-state index contributed by atoms with van der Waals surface area (Å²) in [6.07, 6.45) is 6.31. The summed E-state index contributed by atoms with van der Waals surface area (Å²) < 4.78 is 0. The molecule has 192 valence electrons. The van der Waals surface area contributed by atoms with Crippen LogP contribution < -0.4 is 5.32 Å². The summed E-state index contributed by atoms with van der Waals surface area (Å²) in [5.74, 6) is 0.186. The number of nitrogens with one attached hydrogen (secondary N) is 2. The Bertz CT molecular complexity index is 1740. The SMILES string of the molecule is C1=C(c2ccccc2)C(c2ccccc2)C(c2ccc(-c3[nH]cc(-c4ccccc4)c3-c3ccccc3)nc2)N1. The van der Waals surface area contributed by atoms with E-state index in [1.54, 1.807) is 0 Å². The molecule has 0 saturated heterocycles. The minimum absolute atomic E-state index is 0.0938. The van der Waals surface area contributed by atoms with E-state index in [0.717, 1.165) is 17.0 Å². The summed E-state index contributed by atoms with van der Waals surface area (Å²) in [4.78, 5) is 8.57. The van der Waals surface area contributed by atoms with Crippen LogP contribution >= 0.6 is 0 Å². The number of aromatic amines is 1. The minimum Gasteiger partial charge on any atom is -0.383 e. The van der Waals surface area contributed by atoms with Crippen LogP contribution in [-0.4, -0.2) is 9.97 Å². The molecule has 0 spiro atoms. The van der Waals surface area contributed by atoms with E-state index in [1.807, 2.05) is 6.20 Å². The Balaban J connectivity index is 1.27. The number of rotatable bonds is 6. The fraction of sp³-hybridized carbons (Fsp3) is 0.0541. The van der Waals surface area contributed by atoms with Crippen molar-refractivity contribution < 1.29 is 0 Å². The molecule has 1 aliphatic heterocycles. The summed E-state index contributed by atoms with van der Waals surface area (Å²) in [6, 6.07) is 47.0. The lowest BCUT2D eigenvalue weighted by Crippen LogP contribution is -2.17. The maximum atomic E-state index is 5.02. The predicted molar refractivity (Wildman–Crippen MR) is 164 cm³/mol. The average Bonchev–Trinajstić information content (AvgIpc) is 3.69. The Morgan fingerprint density at radius 2 is 1.15 bits per heavy atom. The second-order valence-corrected chi connectivity index (χ2v) is 10.2. The fourth-order valence-corrected chi connectivity index (χ4v) is 5.87. The van der Waals surface area contributed by atoms with Crippen LogP contribution in [0.2, 0.25) is 0 Å². The number of nitrogens with zero attached hydrogens (tertiary/aromatic N) is 1. The molecule has 0 amide bonds. The highest BCUT2D eigenvalue weighted by Gasteiger charge is 2.33. The normalized spacial score (nSPS) is 16.4. The summed E-state index contributed by atoms with van der Waals surface area (Å²) in [6.45, 7) is 0. The van der Waals surface area contributed by atoms with Gasteiger partial charge in [0.25, 0.3) is 0 Å². The van der Waals surface area contributed by atoms with E-state index in [-0.39, 0.29) is 12.0 Å². The van der Waals surface area contributed by atoms with Crippen molar-refractivity contribution in [3.8, 4) is 33.6 Å². The predicted octanol–water partition coefficient (Wildman–Crippen LogP) is 8.88. The van der Waals surface area contributed by atoms with Crippen LogP contribution in [0.15, 0.2) is 152 Å². The molecular formula is C37H29N3. The molecule has 2 unspecified atom stereocenters. The molecular weight excluding hydrogens is 486 g/mol. The molecule has 6 aromatic rings. The first-order chi connectivity index (χ1) is 19.9. The lowest BCUT2D eigenvalue weighted by atomic mass is 9.82. The van der Waals surface area contributed by atoms with Crippen molar-refractivity contribution in [2.24, 2.45) is 0 Å². The van der Waals surface area contributed by atoms with E-state index in [2.05, 4.69) is 156 Å². The van der Waals surface area contributed by atoms with Gasteiger partial charge in [-0.3, -0.25) is 4.98 Å². The monoisotopic (exact) mass is 515 g/mol. The molecule has 3 nitrogen and oxygen atoms in total. The third kappa shape index (κ3) is 4.42. The highest BCUT2D eigenvalue weighted by molar-refractivity contribution is 5.92. The molecule has 7 rings (SSSR count). The molecule has 40 heavy (non-hydrogen) atoms. The van der Waals surface area contributed by atoms with E-state index >= 15 is 0 Å². The number of H-pyrrole nitrogens is 1. The molecule has 3 heteroatoms. The zero-order valence-electron chi connectivity index (χ0n) is 22.0. The fourth-order valence-electron chi connectivity index (χ4n) is 5.87. The molecule has 2 N–H and O–H groups in total. The van der Waals surface area contributed by atoms with Gasteiger partial charge in [-0.1, -0.05) is 127 Å². The number of aromatic nitrogens is 2. The molecule has 0 saturated carbocycles. The molecule has 0 fully saturated rings. The zero-order chi connectivity index (χ0) is 26.7. The topological polar surface area (TPSA) is 40.7 Å². The van der Waals surface area contributed by atoms with Crippen molar-refractivity contribution in [2.45, 2.75) is 12.0 Å². The largest absolute Gasteiger partial charge is 0.383 e. The van der Waals surface area contributed by atoms with Gasteiger partial charge in [-0.05, 0) is 39.5 Å². The summed E-state index contributed by atoms with van der Waals surface area (Å²) in [5, 5.41) is 3.68. The van der Waals surface area contributed by atoms with Gasteiger partial charge in [-0.2, -0.15) is 0 Å². The van der Waals surface area contributed by atoms with E-state index in [9.17, 15) is 0 Å². The van der Waals surface area contributed by atoms with Crippen LogP contribution in [0.1, 0.15) is 28.7 Å². The number of hydrogen-bond acceptors (Lipinski definition) is 2. The highest BCUT2D eigenvalue weighted by Crippen LogP contribution is 2.45. The van der Waals surface area contributed by atoms with Crippen LogP contribution in [0.3, 0.4) is 0 Å². The Morgan fingerprint density at radius 3 is 1.77 bits per heavy atom. The summed E-state index contributed by atoms with van der Waals surface area (Å²) in [7, 11) is 0. The number of pyridine rings is 1. The lowest BCUT2D eigenvalue weighted by molar-refractivity contribution is 0.608. The summed E-state index contributed by atoms with van der Waals surface area (Å²) in [5.41, 5.74) is 11.6. The Kier molecular flexibility index (Phi) is 6.31. The first-order valence-corrected chi connectivity index (χ1v) is 13.7. The first kappa shape index (κ1) is 23.9. The van der Waals surface area contributed by atoms with Crippen molar-refractivity contribution in [3.05, 3.63) is 169 Å². The van der Waals surface area contributed by atoms with Gasteiger partial charge in [0.15, 0.2) is 0 Å². The first-order valence-electron chi connectivity index (χ1n) is 13.7. The molecule has 4 aromatic carbocycles. The Hall–Kier alpha value is -5.15. The summed E-state index contributed by atoms with van der Waals surface area (Å²) >= 11 is 0. The zero-order valence-corrected chi connectivity index (χ0v) is 22.0. The lowest BCUT2D eigenvalue weighted by Gasteiger charge is -2.24. The van der Waals surface area contributed by atoms with Crippen molar-refractivity contribution in [1.29, 1.82) is 0 Å². The molecule has 0 radical (unpaired) electrons. The Morgan fingerprint density at radius 1 is 0.550 bits per heavy atom. The molecule has 3 heterocycles. The van der Waals surface area contributed by atoms with Gasteiger partial charge in [0.1, 0.15) is 0 Å². The van der Waals surface area contributed by atoms with Gasteiger partial charge in [0.2, 0.25) is 0 Å². The van der Waals surface area contributed by atoms with Gasteiger partial charge in [0.05, 0.1) is 17.4 Å². The highest BCUT2D eigenvalue weighted by atomic mass is 14.9. The molecule has 2 atom stereocenters. The van der Waals surface area contributed by atoms with Gasteiger partial charge < -0.3 is 10.3 Å². The van der Waals surface area contributed by atoms with E-state index in [1.165, 1.54) is 39.0 Å². The van der Waals surface area contributed by atoms with Crippen molar-refractivity contribution in [3.63, 3.8) is 0 Å². The van der Waals surface area contributed by atoms with Gasteiger partial charge in [-0.25, -0.2) is 0 Å². The Labute approximate surface area is 234 Å².